The van der Waals surface area contributed by atoms with Crippen molar-refractivity contribution in [2.75, 3.05) is 33.8 Å². The van der Waals surface area contributed by atoms with Crippen LogP contribution >= 0.6 is 0 Å². The Bertz CT molecular complexity index is 818. The van der Waals surface area contributed by atoms with E-state index in [0.29, 0.717) is 25.9 Å². The lowest BCUT2D eigenvalue weighted by atomic mass is 9.96. The highest BCUT2D eigenvalue weighted by Gasteiger charge is 2.29. The summed E-state index contributed by atoms with van der Waals surface area (Å²) < 4.78 is 18.2. The zero-order valence-corrected chi connectivity index (χ0v) is 16.9. The van der Waals surface area contributed by atoms with Gasteiger partial charge in [0.1, 0.15) is 5.82 Å². The first-order valence-electron chi connectivity index (χ1n) is 9.86. The highest BCUT2D eigenvalue weighted by atomic mass is 19.1. The fourth-order valence-corrected chi connectivity index (χ4v) is 3.92. The summed E-state index contributed by atoms with van der Waals surface area (Å²) in [5.41, 5.74) is 1.97. The molecule has 0 unspecified atom stereocenters. The van der Waals surface area contributed by atoms with Gasteiger partial charge in [0.05, 0.1) is 25.6 Å². The number of rotatable bonds is 6. The van der Waals surface area contributed by atoms with E-state index < -0.39 is 0 Å². The normalized spacial score (nSPS) is 15.9. The topological polar surface area (TPSA) is 49.9 Å². The quantitative estimate of drug-likeness (QED) is 0.701. The first kappa shape index (κ1) is 21.0. The van der Waals surface area contributed by atoms with Crippen LogP contribution in [-0.2, 0) is 14.3 Å². The summed E-state index contributed by atoms with van der Waals surface area (Å²) in [6.45, 7) is 1.35. The van der Waals surface area contributed by atoms with Gasteiger partial charge >= 0.3 is 5.97 Å². The van der Waals surface area contributed by atoms with Crippen molar-refractivity contribution in [1.29, 1.82) is 0 Å². The minimum atomic E-state index is -0.284. The second-order valence-corrected chi connectivity index (χ2v) is 7.46. The fraction of sp³-hybridized carbons (Fsp3) is 0.391. The second-order valence-electron chi connectivity index (χ2n) is 7.46. The standard InChI is InChI=1S/C23H27FN2O3/c1-25(16-21(27)26-14-12-19(13-15-26)23(28)29-2)22(17-6-4-3-5-7-17)18-8-10-20(24)11-9-18/h3-11,19,22H,12-16H2,1-2H3/t22-/m1/s1. The van der Waals surface area contributed by atoms with E-state index >= 15 is 0 Å². The van der Waals surface area contributed by atoms with Crippen molar-refractivity contribution in [2.45, 2.75) is 18.9 Å². The van der Waals surface area contributed by atoms with Crippen LogP contribution in [0.2, 0.25) is 0 Å². The van der Waals surface area contributed by atoms with E-state index in [1.165, 1.54) is 19.2 Å². The van der Waals surface area contributed by atoms with Crippen molar-refractivity contribution in [3.8, 4) is 0 Å². The fourth-order valence-electron chi connectivity index (χ4n) is 3.92. The first-order chi connectivity index (χ1) is 14.0. The Morgan fingerprint density at radius 3 is 2.24 bits per heavy atom. The van der Waals surface area contributed by atoms with Crippen molar-refractivity contribution < 1.29 is 18.7 Å². The number of carbonyl (C=O) groups excluding carboxylic acids is 2. The number of hydrogen-bond donors (Lipinski definition) is 0. The molecule has 1 heterocycles. The van der Waals surface area contributed by atoms with Crippen LogP contribution in [0, 0.1) is 11.7 Å². The number of amides is 1. The number of benzene rings is 2. The van der Waals surface area contributed by atoms with E-state index in [4.69, 9.17) is 4.74 Å². The predicted octanol–water partition coefficient (Wildman–Crippen LogP) is 3.26. The van der Waals surface area contributed by atoms with Crippen LogP contribution in [0.25, 0.3) is 0 Å². The van der Waals surface area contributed by atoms with Gasteiger partial charge in [-0.2, -0.15) is 0 Å². The van der Waals surface area contributed by atoms with E-state index in [1.54, 1.807) is 12.1 Å². The van der Waals surface area contributed by atoms with Crippen LogP contribution in [0.4, 0.5) is 4.39 Å². The molecule has 154 valence electrons. The number of nitrogens with zero attached hydrogens (tertiary/aromatic N) is 2. The van der Waals surface area contributed by atoms with Gasteiger partial charge < -0.3 is 9.64 Å². The molecule has 0 aliphatic carbocycles. The summed E-state index contributed by atoms with van der Waals surface area (Å²) >= 11 is 0. The molecular weight excluding hydrogens is 371 g/mol. The van der Waals surface area contributed by atoms with Crippen molar-refractivity contribution in [3.63, 3.8) is 0 Å². The Kier molecular flexibility index (Phi) is 6.99. The molecule has 2 aromatic rings. The summed E-state index contributed by atoms with van der Waals surface area (Å²) in [4.78, 5) is 28.4. The number of halogens is 1. The van der Waals surface area contributed by atoms with Gasteiger partial charge in [-0.25, -0.2) is 4.39 Å². The SMILES string of the molecule is COC(=O)C1CCN(C(=O)CN(C)[C@H](c2ccccc2)c2ccc(F)cc2)CC1. The molecule has 0 bridgehead atoms. The molecule has 1 atom stereocenters. The third-order valence-corrected chi connectivity index (χ3v) is 5.51. The predicted molar refractivity (Wildman–Crippen MR) is 109 cm³/mol. The van der Waals surface area contributed by atoms with Crippen LogP contribution < -0.4 is 0 Å². The average molecular weight is 398 g/mol. The van der Waals surface area contributed by atoms with Gasteiger partial charge in [0.15, 0.2) is 0 Å². The monoisotopic (exact) mass is 398 g/mol. The number of esters is 1. The Morgan fingerprint density at radius 2 is 1.66 bits per heavy atom. The van der Waals surface area contributed by atoms with Crippen LogP contribution in [0.3, 0.4) is 0 Å². The van der Waals surface area contributed by atoms with Gasteiger partial charge in [0, 0.05) is 13.1 Å². The summed E-state index contributed by atoms with van der Waals surface area (Å²) in [7, 11) is 3.30. The summed E-state index contributed by atoms with van der Waals surface area (Å²) in [5.74, 6) is -0.584. The number of likely N-dealkylation sites (tertiary alicyclic amines) is 1. The molecule has 1 aliphatic heterocycles. The number of likely N-dealkylation sites (N-methyl/N-ethyl adjacent to an activating group) is 1. The minimum Gasteiger partial charge on any atom is -0.469 e. The van der Waals surface area contributed by atoms with E-state index in [9.17, 15) is 14.0 Å². The summed E-state index contributed by atoms with van der Waals surface area (Å²) in [6, 6.07) is 16.1. The van der Waals surface area contributed by atoms with Crippen LogP contribution in [0.15, 0.2) is 54.6 Å². The zero-order chi connectivity index (χ0) is 20.8. The molecule has 0 aromatic heterocycles. The van der Waals surface area contributed by atoms with Gasteiger partial charge in [0.2, 0.25) is 5.91 Å². The van der Waals surface area contributed by atoms with Crippen LogP contribution in [-0.4, -0.2) is 55.5 Å². The number of methoxy groups -OCH3 is 1. The molecule has 0 spiro atoms. The number of carbonyl (C=O) groups is 2. The van der Waals surface area contributed by atoms with Crippen LogP contribution in [0.1, 0.15) is 30.0 Å². The minimum absolute atomic E-state index is 0.0267. The molecule has 1 amide bonds. The molecule has 5 nitrogen and oxygen atoms in total. The first-order valence-corrected chi connectivity index (χ1v) is 9.86. The van der Waals surface area contributed by atoms with E-state index in [1.807, 2.05) is 47.2 Å². The molecule has 29 heavy (non-hydrogen) atoms. The van der Waals surface area contributed by atoms with Crippen molar-refractivity contribution in [2.24, 2.45) is 5.92 Å². The Balaban J connectivity index is 1.70. The van der Waals surface area contributed by atoms with Gasteiger partial charge in [-0.3, -0.25) is 14.5 Å². The maximum Gasteiger partial charge on any atom is 0.308 e. The van der Waals surface area contributed by atoms with Crippen molar-refractivity contribution in [1.82, 2.24) is 9.80 Å². The number of hydrogen-bond acceptors (Lipinski definition) is 4. The molecule has 0 saturated carbocycles. The molecule has 2 aromatic carbocycles. The lowest BCUT2D eigenvalue weighted by Crippen LogP contribution is -2.45. The Morgan fingerprint density at radius 1 is 1.07 bits per heavy atom. The molecule has 6 heteroatoms. The van der Waals surface area contributed by atoms with Gasteiger partial charge in [-0.1, -0.05) is 42.5 Å². The highest BCUT2D eigenvalue weighted by Crippen LogP contribution is 2.28. The van der Waals surface area contributed by atoms with Gasteiger partial charge in [-0.15, -0.1) is 0 Å². The zero-order valence-electron chi connectivity index (χ0n) is 16.9. The average Bonchev–Trinajstić information content (AvgIpc) is 2.75. The van der Waals surface area contributed by atoms with Gasteiger partial charge in [0.25, 0.3) is 0 Å². The molecule has 1 fully saturated rings. The lowest BCUT2D eigenvalue weighted by Gasteiger charge is -2.34. The lowest BCUT2D eigenvalue weighted by molar-refractivity contribution is -0.149. The molecular formula is C23H27FN2O3. The molecule has 3 rings (SSSR count). The maximum atomic E-state index is 13.4. The summed E-state index contributed by atoms with van der Waals surface area (Å²) in [5, 5.41) is 0. The van der Waals surface area contributed by atoms with Crippen molar-refractivity contribution in [3.05, 3.63) is 71.5 Å². The Hall–Kier alpha value is -2.73. The Labute approximate surface area is 171 Å². The van der Waals surface area contributed by atoms with E-state index in [-0.39, 0.29) is 36.2 Å². The number of piperidine rings is 1. The number of ether oxygens (including phenoxy) is 1. The molecule has 0 N–H and O–H groups in total. The third kappa shape index (κ3) is 5.21. The van der Waals surface area contributed by atoms with Crippen molar-refractivity contribution >= 4 is 11.9 Å². The smallest absolute Gasteiger partial charge is 0.308 e. The largest absolute Gasteiger partial charge is 0.469 e. The molecule has 0 radical (unpaired) electrons. The maximum absolute atomic E-state index is 13.4. The van der Waals surface area contributed by atoms with E-state index in [0.717, 1.165) is 11.1 Å². The summed E-state index contributed by atoms with van der Waals surface area (Å²) in [6.07, 6.45) is 1.25. The molecule has 1 aliphatic rings. The highest BCUT2D eigenvalue weighted by molar-refractivity contribution is 5.79. The van der Waals surface area contributed by atoms with E-state index in [2.05, 4.69) is 0 Å². The van der Waals surface area contributed by atoms with Crippen LogP contribution in [0.5, 0.6) is 0 Å². The second kappa shape index (κ2) is 9.65. The van der Waals surface area contributed by atoms with Gasteiger partial charge in [-0.05, 0) is 43.1 Å². The molecule has 1 saturated heterocycles. The third-order valence-electron chi connectivity index (χ3n) is 5.51.